The molecule has 1 N–H and O–H groups in total. The highest BCUT2D eigenvalue weighted by atomic mass is 16.3. The van der Waals surface area contributed by atoms with E-state index in [4.69, 9.17) is 0 Å². The first-order valence-electron chi connectivity index (χ1n) is 5.05. The van der Waals surface area contributed by atoms with Crippen molar-refractivity contribution >= 4 is 11.6 Å². The Morgan fingerprint density at radius 2 is 2.00 bits per heavy atom. The first-order chi connectivity index (χ1) is 7.16. The molecule has 1 aromatic rings. The number of aryl methyl sites for hydroxylation is 1. The molecule has 0 radical (unpaired) electrons. The Kier molecular flexibility index (Phi) is 2.40. The second kappa shape index (κ2) is 3.59. The van der Waals surface area contributed by atoms with Crippen LogP contribution < -0.4 is 0 Å². The van der Waals surface area contributed by atoms with Gasteiger partial charge in [-0.25, -0.2) is 0 Å². The molecule has 1 atom stereocenters. The predicted molar refractivity (Wildman–Crippen MR) is 55.1 cm³/mol. The normalized spacial score (nSPS) is 19.5. The lowest BCUT2D eigenvalue weighted by Crippen LogP contribution is -2.21. The van der Waals surface area contributed by atoms with Crippen molar-refractivity contribution in [2.75, 3.05) is 0 Å². The molecular formula is C12H12O3. The average Bonchev–Trinajstić information content (AvgIpc) is 2.46. The third-order valence-electron chi connectivity index (χ3n) is 2.68. The standard InChI is InChI=1S/C12H12O3/c1-2-4-7-5-3-6-8-9(7)11(14)12(15)10(8)13/h3,5-6,12,15H,2,4H2,1H3. The molecule has 0 amide bonds. The Labute approximate surface area is 87.7 Å². The molecule has 1 aliphatic carbocycles. The van der Waals surface area contributed by atoms with Crippen LogP contribution in [0.1, 0.15) is 39.6 Å². The minimum atomic E-state index is -1.47. The molecule has 0 spiro atoms. The fourth-order valence-corrected chi connectivity index (χ4v) is 1.98. The summed E-state index contributed by atoms with van der Waals surface area (Å²) in [7, 11) is 0. The summed E-state index contributed by atoms with van der Waals surface area (Å²) in [4.78, 5) is 23.1. The van der Waals surface area contributed by atoms with Gasteiger partial charge in [0, 0.05) is 11.1 Å². The molecule has 0 saturated carbocycles. The van der Waals surface area contributed by atoms with E-state index in [1.165, 1.54) is 0 Å². The zero-order valence-electron chi connectivity index (χ0n) is 8.49. The molecule has 0 aliphatic heterocycles. The van der Waals surface area contributed by atoms with E-state index in [1.807, 2.05) is 13.0 Å². The molecule has 0 saturated heterocycles. The Morgan fingerprint density at radius 1 is 1.27 bits per heavy atom. The lowest BCUT2D eigenvalue weighted by atomic mass is 9.99. The second-order valence-corrected chi connectivity index (χ2v) is 3.72. The average molecular weight is 204 g/mol. The van der Waals surface area contributed by atoms with Crippen molar-refractivity contribution in [3.05, 3.63) is 34.9 Å². The predicted octanol–water partition coefficient (Wildman–Crippen LogP) is 1.38. The Balaban J connectivity index is 2.58. The Morgan fingerprint density at radius 3 is 2.67 bits per heavy atom. The Hall–Kier alpha value is -1.48. The molecule has 0 heterocycles. The van der Waals surface area contributed by atoms with E-state index in [-0.39, 0.29) is 0 Å². The molecule has 2 rings (SSSR count). The summed E-state index contributed by atoms with van der Waals surface area (Å²) in [6.45, 7) is 2.01. The lowest BCUT2D eigenvalue weighted by Gasteiger charge is -2.04. The highest BCUT2D eigenvalue weighted by molar-refractivity contribution is 6.28. The number of carbonyl (C=O) groups is 2. The minimum Gasteiger partial charge on any atom is -0.377 e. The van der Waals surface area contributed by atoms with Gasteiger partial charge in [0.25, 0.3) is 0 Å². The van der Waals surface area contributed by atoms with Crippen LogP contribution in [0.3, 0.4) is 0 Å². The van der Waals surface area contributed by atoms with Crippen molar-refractivity contribution in [1.82, 2.24) is 0 Å². The molecule has 0 fully saturated rings. The summed E-state index contributed by atoms with van der Waals surface area (Å²) in [5.41, 5.74) is 1.67. The number of Topliss-reactive ketones (excluding diaryl/α,β-unsaturated/α-hetero) is 2. The number of carbonyl (C=O) groups excluding carboxylic acids is 2. The van der Waals surface area contributed by atoms with Crippen molar-refractivity contribution < 1.29 is 14.7 Å². The number of aliphatic hydroxyl groups is 1. The van der Waals surface area contributed by atoms with Gasteiger partial charge in [-0.1, -0.05) is 31.5 Å². The number of ketones is 2. The maximum atomic E-state index is 11.6. The van der Waals surface area contributed by atoms with E-state index < -0.39 is 17.7 Å². The van der Waals surface area contributed by atoms with Gasteiger partial charge in [0.2, 0.25) is 0 Å². The number of hydrogen-bond acceptors (Lipinski definition) is 3. The first kappa shape index (κ1) is 10.1. The lowest BCUT2D eigenvalue weighted by molar-refractivity contribution is 0.0663. The third-order valence-corrected chi connectivity index (χ3v) is 2.68. The van der Waals surface area contributed by atoms with Crippen molar-refractivity contribution in [2.45, 2.75) is 25.9 Å². The summed E-state index contributed by atoms with van der Waals surface area (Å²) in [5.74, 6) is -0.910. The van der Waals surface area contributed by atoms with Crippen molar-refractivity contribution in [2.24, 2.45) is 0 Å². The van der Waals surface area contributed by atoms with E-state index in [2.05, 4.69) is 0 Å². The summed E-state index contributed by atoms with van der Waals surface area (Å²) < 4.78 is 0. The minimum absolute atomic E-state index is 0.374. The molecule has 0 bridgehead atoms. The summed E-state index contributed by atoms with van der Waals surface area (Å²) in [6.07, 6.45) is 0.196. The Bertz CT molecular complexity index is 434. The topological polar surface area (TPSA) is 54.4 Å². The summed E-state index contributed by atoms with van der Waals surface area (Å²) in [6, 6.07) is 5.20. The zero-order valence-corrected chi connectivity index (χ0v) is 8.49. The molecule has 78 valence electrons. The van der Waals surface area contributed by atoms with E-state index in [1.54, 1.807) is 12.1 Å². The van der Waals surface area contributed by atoms with E-state index >= 15 is 0 Å². The van der Waals surface area contributed by atoms with Gasteiger partial charge in [-0.2, -0.15) is 0 Å². The number of rotatable bonds is 2. The molecule has 1 aliphatic rings. The molecular weight excluding hydrogens is 192 g/mol. The molecule has 1 unspecified atom stereocenters. The SMILES string of the molecule is CCCc1cccc2c1C(=O)C(O)C2=O. The molecule has 3 heteroatoms. The zero-order chi connectivity index (χ0) is 11.0. The number of hydrogen-bond donors (Lipinski definition) is 1. The third kappa shape index (κ3) is 1.39. The monoisotopic (exact) mass is 204 g/mol. The van der Waals surface area contributed by atoms with Gasteiger partial charge in [0.1, 0.15) is 0 Å². The van der Waals surface area contributed by atoms with Gasteiger partial charge in [-0.05, 0) is 12.0 Å². The number of fused-ring (bicyclic) bond motifs is 1. The fourth-order valence-electron chi connectivity index (χ4n) is 1.98. The van der Waals surface area contributed by atoms with Crippen LogP contribution in [0.5, 0.6) is 0 Å². The van der Waals surface area contributed by atoms with Crippen molar-refractivity contribution in [1.29, 1.82) is 0 Å². The van der Waals surface area contributed by atoms with Gasteiger partial charge in [-0.15, -0.1) is 0 Å². The molecule has 15 heavy (non-hydrogen) atoms. The van der Waals surface area contributed by atoms with Crippen LogP contribution in [-0.4, -0.2) is 22.8 Å². The van der Waals surface area contributed by atoms with E-state index in [0.29, 0.717) is 11.1 Å². The van der Waals surface area contributed by atoms with Crippen LogP contribution in [-0.2, 0) is 6.42 Å². The summed E-state index contributed by atoms with van der Waals surface area (Å²) >= 11 is 0. The number of aliphatic hydroxyl groups excluding tert-OH is 1. The van der Waals surface area contributed by atoms with E-state index in [0.717, 1.165) is 18.4 Å². The van der Waals surface area contributed by atoms with Crippen LogP contribution >= 0.6 is 0 Å². The van der Waals surface area contributed by atoms with Crippen LogP contribution in [0.25, 0.3) is 0 Å². The van der Waals surface area contributed by atoms with Crippen LogP contribution in [0.15, 0.2) is 18.2 Å². The maximum absolute atomic E-state index is 11.6. The van der Waals surface area contributed by atoms with Crippen LogP contribution in [0.2, 0.25) is 0 Å². The van der Waals surface area contributed by atoms with Gasteiger partial charge < -0.3 is 5.11 Å². The summed E-state index contributed by atoms with van der Waals surface area (Å²) in [5, 5.41) is 9.38. The van der Waals surface area contributed by atoms with E-state index in [9.17, 15) is 14.7 Å². The maximum Gasteiger partial charge on any atom is 0.200 e. The quantitative estimate of drug-likeness (QED) is 0.740. The van der Waals surface area contributed by atoms with Gasteiger partial charge >= 0.3 is 0 Å². The largest absolute Gasteiger partial charge is 0.377 e. The van der Waals surface area contributed by atoms with Crippen LogP contribution in [0, 0.1) is 0 Å². The smallest absolute Gasteiger partial charge is 0.200 e. The molecule has 3 nitrogen and oxygen atoms in total. The van der Waals surface area contributed by atoms with Crippen molar-refractivity contribution in [3.8, 4) is 0 Å². The van der Waals surface area contributed by atoms with Gasteiger partial charge in [0.05, 0.1) is 0 Å². The second-order valence-electron chi connectivity index (χ2n) is 3.72. The molecule has 1 aromatic carbocycles. The first-order valence-corrected chi connectivity index (χ1v) is 5.05. The van der Waals surface area contributed by atoms with Crippen LogP contribution in [0.4, 0.5) is 0 Å². The van der Waals surface area contributed by atoms with Gasteiger partial charge in [0.15, 0.2) is 17.7 Å². The van der Waals surface area contributed by atoms with Crippen molar-refractivity contribution in [3.63, 3.8) is 0 Å². The molecule has 0 aromatic heterocycles. The van der Waals surface area contributed by atoms with Gasteiger partial charge in [-0.3, -0.25) is 9.59 Å². The number of benzene rings is 1. The highest BCUT2D eigenvalue weighted by Gasteiger charge is 2.38. The highest BCUT2D eigenvalue weighted by Crippen LogP contribution is 2.26. The fraction of sp³-hybridized carbons (Fsp3) is 0.333.